The number of amides is 1. The molecule has 1 aliphatic carbocycles. The normalized spacial score (nSPS) is 31.5. The maximum Gasteiger partial charge on any atom is 0.251 e. The number of nitrogens with one attached hydrogen (secondary N) is 1. The minimum absolute atomic E-state index is 0.111. The van der Waals surface area contributed by atoms with Gasteiger partial charge in [-0.1, -0.05) is 6.07 Å². The first-order chi connectivity index (χ1) is 10.8. The summed E-state index contributed by atoms with van der Waals surface area (Å²) in [5, 5.41) is 6.71. The standard InChI is InChI=1S/C18H20N2OS/c21-17(14-2-1-12-5-10-22-15(12)11-14)19-16-13-3-8-20(9-4-13)18(16)6-7-18/h1-2,5,10-11,13,16H,3-4,6-9H2,(H,19,21)/t16-/m1/s1. The monoisotopic (exact) mass is 312 g/mol. The van der Waals surface area contributed by atoms with Crippen LogP contribution in [-0.2, 0) is 0 Å². The topological polar surface area (TPSA) is 32.3 Å². The summed E-state index contributed by atoms with van der Waals surface area (Å²) in [5.41, 5.74) is 1.12. The third kappa shape index (κ3) is 1.80. The first kappa shape index (κ1) is 13.1. The van der Waals surface area contributed by atoms with E-state index in [9.17, 15) is 4.79 Å². The molecule has 22 heavy (non-hydrogen) atoms. The van der Waals surface area contributed by atoms with Gasteiger partial charge in [0, 0.05) is 15.8 Å². The van der Waals surface area contributed by atoms with E-state index in [4.69, 9.17) is 0 Å². The summed E-state index contributed by atoms with van der Waals surface area (Å²) in [6, 6.07) is 8.53. The Morgan fingerprint density at radius 3 is 2.82 bits per heavy atom. The Bertz CT molecular complexity index is 740. The fourth-order valence-electron chi connectivity index (χ4n) is 4.64. The van der Waals surface area contributed by atoms with Gasteiger partial charge in [0.15, 0.2) is 0 Å². The summed E-state index contributed by atoms with van der Waals surface area (Å²) in [6.45, 7) is 2.47. The lowest BCUT2D eigenvalue weighted by atomic mass is 9.77. The van der Waals surface area contributed by atoms with Crippen molar-refractivity contribution in [2.75, 3.05) is 13.1 Å². The molecule has 1 aromatic heterocycles. The van der Waals surface area contributed by atoms with E-state index in [2.05, 4.69) is 27.7 Å². The van der Waals surface area contributed by atoms with E-state index in [1.54, 1.807) is 11.3 Å². The lowest BCUT2D eigenvalue weighted by Crippen LogP contribution is -2.65. The number of rotatable bonds is 2. The van der Waals surface area contributed by atoms with E-state index in [-0.39, 0.29) is 5.91 Å². The SMILES string of the molecule is O=C(N[C@@H]1C2CCN(CC2)C12CC2)c1ccc2ccsc2c1. The summed E-state index contributed by atoms with van der Waals surface area (Å²) in [5.74, 6) is 0.794. The highest BCUT2D eigenvalue weighted by molar-refractivity contribution is 7.17. The summed E-state index contributed by atoms with van der Waals surface area (Å²) >= 11 is 1.70. The zero-order valence-electron chi connectivity index (χ0n) is 12.5. The lowest BCUT2D eigenvalue weighted by Gasteiger charge is -2.52. The number of nitrogens with zero attached hydrogens (tertiary/aromatic N) is 1. The van der Waals surface area contributed by atoms with Crippen LogP contribution in [0.25, 0.3) is 10.1 Å². The minimum atomic E-state index is 0.111. The molecule has 2 bridgehead atoms. The highest BCUT2D eigenvalue weighted by atomic mass is 32.1. The predicted molar refractivity (Wildman–Crippen MR) is 89.3 cm³/mol. The third-order valence-electron chi connectivity index (χ3n) is 5.99. The Morgan fingerprint density at radius 2 is 2.05 bits per heavy atom. The quantitative estimate of drug-likeness (QED) is 0.923. The van der Waals surface area contributed by atoms with E-state index in [0.717, 1.165) is 5.56 Å². The van der Waals surface area contributed by atoms with Crippen LogP contribution in [0.5, 0.6) is 0 Å². The van der Waals surface area contributed by atoms with Gasteiger partial charge >= 0.3 is 0 Å². The van der Waals surface area contributed by atoms with E-state index in [0.29, 0.717) is 17.5 Å². The number of piperidine rings is 3. The smallest absolute Gasteiger partial charge is 0.251 e. The first-order valence-corrected chi connectivity index (χ1v) is 9.17. The molecular formula is C18H20N2OS. The Balaban J connectivity index is 1.42. The highest BCUT2D eigenvalue weighted by Gasteiger charge is 2.60. The lowest BCUT2D eigenvalue weighted by molar-refractivity contribution is -0.00144. The van der Waals surface area contributed by atoms with Gasteiger partial charge in [-0.25, -0.2) is 0 Å². The molecule has 3 aliphatic heterocycles. The number of carbonyl (C=O) groups is 1. The molecule has 1 aromatic carbocycles. The second-order valence-electron chi connectivity index (χ2n) is 7.05. The molecule has 4 aliphatic rings. The van der Waals surface area contributed by atoms with Gasteiger partial charge in [-0.05, 0) is 73.7 Å². The number of benzene rings is 1. The van der Waals surface area contributed by atoms with Gasteiger partial charge < -0.3 is 5.32 Å². The molecular weight excluding hydrogens is 292 g/mol. The van der Waals surface area contributed by atoms with Crippen molar-refractivity contribution in [3.63, 3.8) is 0 Å². The summed E-state index contributed by atoms with van der Waals surface area (Å²) in [4.78, 5) is 15.4. The Kier molecular flexibility index (Phi) is 2.71. The molecule has 4 fully saturated rings. The summed E-state index contributed by atoms with van der Waals surface area (Å²) in [7, 11) is 0. The van der Waals surface area contributed by atoms with Gasteiger partial charge in [0.2, 0.25) is 0 Å². The second kappa shape index (κ2) is 4.56. The molecule has 1 atom stereocenters. The van der Waals surface area contributed by atoms with Crippen LogP contribution >= 0.6 is 11.3 Å². The molecule has 6 rings (SSSR count). The molecule has 1 amide bonds. The fraction of sp³-hybridized carbons (Fsp3) is 0.500. The van der Waals surface area contributed by atoms with Gasteiger partial charge in [0.05, 0.1) is 6.04 Å². The van der Waals surface area contributed by atoms with Gasteiger partial charge in [-0.15, -0.1) is 11.3 Å². The highest BCUT2D eigenvalue weighted by Crippen LogP contribution is 2.53. The molecule has 1 saturated carbocycles. The van der Waals surface area contributed by atoms with Gasteiger partial charge in [0.1, 0.15) is 0 Å². The number of hydrogen-bond acceptors (Lipinski definition) is 3. The van der Waals surface area contributed by atoms with E-state index < -0.39 is 0 Å². The second-order valence-corrected chi connectivity index (χ2v) is 8.00. The van der Waals surface area contributed by atoms with E-state index in [1.807, 2.05) is 12.1 Å². The maximum absolute atomic E-state index is 12.7. The van der Waals surface area contributed by atoms with Crippen LogP contribution in [-0.4, -0.2) is 35.5 Å². The van der Waals surface area contributed by atoms with Crippen LogP contribution in [0.4, 0.5) is 0 Å². The van der Waals surface area contributed by atoms with Crippen molar-refractivity contribution < 1.29 is 4.79 Å². The van der Waals surface area contributed by atoms with Crippen molar-refractivity contribution in [3.8, 4) is 0 Å². The molecule has 1 spiro atoms. The minimum Gasteiger partial charge on any atom is -0.347 e. The summed E-state index contributed by atoms with van der Waals surface area (Å²) < 4.78 is 1.20. The van der Waals surface area contributed by atoms with Crippen LogP contribution in [0.3, 0.4) is 0 Å². The zero-order chi connectivity index (χ0) is 14.7. The maximum atomic E-state index is 12.7. The number of carbonyl (C=O) groups excluding carboxylic acids is 1. The molecule has 3 nitrogen and oxygen atoms in total. The van der Waals surface area contributed by atoms with Crippen LogP contribution < -0.4 is 5.32 Å². The Morgan fingerprint density at radius 1 is 1.23 bits per heavy atom. The van der Waals surface area contributed by atoms with Crippen LogP contribution in [0, 0.1) is 5.92 Å². The first-order valence-electron chi connectivity index (χ1n) is 8.29. The van der Waals surface area contributed by atoms with Crippen molar-refractivity contribution in [3.05, 3.63) is 35.2 Å². The van der Waals surface area contributed by atoms with Crippen LogP contribution in [0.2, 0.25) is 0 Å². The molecule has 0 radical (unpaired) electrons. The van der Waals surface area contributed by atoms with Crippen molar-refractivity contribution in [2.45, 2.75) is 37.3 Å². The molecule has 0 unspecified atom stereocenters. The summed E-state index contributed by atoms with van der Waals surface area (Å²) in [6.07, 6.45) is 5.02. The van der Waals surface area contributed by atoms with Gasteiger partial charge in [-0.2, -0.15) is 0 Å². The van der Waals surface area contributed by atoms with Crippen LogP contribution in [0.1, 0.15) is 36.0 Å². The van der Waals surface area contributed by atoms with Crippen LogP contribution in [0.15, 0.2) is 29.6 Å². The number of hydrogen-bond donors (Lipinski definition) is 1. The molecule has 1 N–H and O–H groups in total. The van der Waals surface area contributed by atoms with Crippen molar-refractivity contribution in [1.82, 2.24) is 10.2 Å². The zero-order valence-corrected chi connectivity index (χ0v) is 13.4. The molecule has 2 aromatic rings. The molecule has 3 saturated heterocycles. The average Bonchev–Trinajstić information content (AvgIpc) is 3.18. The van der Waals surface area contributed by atoms with E-state index in [1.165, 1.54) is 48.9 Å². The molecule has 4 heteroatoms. The predicted octanol–water partition coefficient (Wildman–Crippen LogP) is 3.26. The van der Waals surface area contributed by atoms with E-state index >= 15 is 0 Å². The third-order valence-corrected chi connectivity index (χ3v) is 6.87. The van der Waals surface area contributed by atoms with Crippen molar-refractivity contribution >= 4 is 27.3 Å². The molecule has 114 valence electrons. The van der Waals surface area contributed by atoms with Crippen molar-refractivity contribution in [1.29, 1.82) is 0 Å². The Labute approximate surface area is 134 Å². The number of fused-ring (bicyclic) bond motifs is 3. The average molecular weight is 312 g/mol. The van der Waals surface area contributed by atoms with Crippen molar-refractivity contribution in [2.24, 2.45) is 5.92 Å². The molecule has 4 heterocycles. The fourth-order valence-corrected chi connectivity index (χ4v) is 5.47. The Hall–Kier alpha value is -1.39. The van der Waals surface area contributed by atoms with Gasteiger partial charge in [-0.3, -0.25) is 9.69 Å². The largest absolute Gasteiger partial charge is 0.347 e. The number of thiophene rings is 1. The van der Waals surface area contributed by atoms with Gasteiger partial charge in [0.25, 0.3) is 5.91 Å².